The van der Waals surface area contributed by atoms with E-state index < -0.39 is 0 Å². The molecule has 5 nitrogen and oxygen atoms in total. The summed E-state index contributed by atoms with van der Waals surface area (Å²) in [7, 11) is 1.93. The number of nitrogens with two attached hydrogens (primary N) is 1. The summed E-state index contributed by atoms with van der Waals surface area (Å²) in [5, 5.41) is 4.17. The van der Waals surface area contributed by atoms with Crippen LogP contribution in [-0.4, -0.2) is 19.3 Å². The molecule has 3 rings (SSSR count). The van der Waals surface area contributed by atoms with E-state index in [2.05, 4.69) is 14.6 Å². The van der Waals surface area contributed by atoms with Gasteiger partial charge in [-0.05, 0) is 30.2 Å². The summed E-state index contributed by atoms with van der Waals surface area (Å²) in [6.07, 6.45) is 6.75. The fraction of sp³-hybridized carbons (Fsp3) is 0.231. The fourth-order valence-corrected chi connectivity index (χ4v) is 2.11. The summed E-state index contributed by atoms with van der Waals surface area (Å²) in [4.78, 5) is 4.36. The van der Waals surface area contributed by atoms with Gasteiger partial charge in [-0.3, -0.25) is 4.68 Å². The zero-order valence-electron chi connectivity index (χ0n) is 10.2. The van der Waals surface area contributed by atoms with E-state index >= 15 is 0 Å². The van der Waals surface area contributed by atoms with Gasteiger partial charge in [0.2, 0.25) is 0 Å². The number of benzene rings is 1. The van der Waals surface area contributed by atoms with E-state index in [1.807, 2.05) is 48.6 Å². The Morgan fingerprint density at radius 1 is 1.33 bits per heavy atom. The average molecular weight is 241 g/mol. The number of imidazole rings is 1. The van der Waals surface area contributed by atoms with Crippen LogP contribution in [0.2, 0.25) is 0 Å². The molecule has 0 spiro atoms. The minimum absolute atomic E-state index is 0.750. The van der Waals surface area contributed by atoms with Crippen LogP contribution in [0.25, 0.3) is 11.0 Å². The third-order valence-corrected chi connectivity index (χ3v) is 3.04. The predicted octanol–water partition coefficient (Wildman–Crippen LogP) is 1.59. The zero-order chi connectivity index (χ0) is 12.5. The highest BCUT2D eigenvalue weighted by Crippen LogP contribution is 2.16. The lowest BCUT2D eigenvalue weighted by atomic mass is 10.2. The quantitative estimate of drug-likeness (QED) is 0.708. The normalized spacial score (nSPS) is 11.2. The van der Waals surface area contributed by atoms with Crippen molar-refractivity contribution in [1.29, 1.82) is 0 Å². The van der Waals surface area contributed by atoms with E-state index in [9.17, 15) is 0 Å². The van der Waals surface area contributed by atoms with Crippen molar-refractivity contribution in [1.82, 2.24) is 19.3 Å². The van der Waals surface area contributed by atoms with E-state index in [-0.39, 0.29) is 0 Å². The number of nitrogens with zero attached hydrogens (tertiary/aromatic N) is 4. The summed E-state index contributed by atoms with van der Waals surface area (Å²) in [6.45, 7) is 0.895. The number of nitrogen functional groups attached to an aromatic ring is 1. The summed E-state index contributed by atoms with van der Waals surface area (Å²) in [5.74, 6) is 0. The van der Waals surface area contributed by atoms with Gasteiger partial charge in [-0.2, -0.15) is 5.10 Å². The Kier molecular flexibility index (Phi) is 2.51. The Bertz CT molecular complexity index is 680. The number of aromatic nitrogens is 4. The van der Waals surface area contributed by atoms with Crippen molar-refractivity contribution in [2.24, 2.45) is 7.05 Å². The molecule has 0 atom stereocenters. The van der Waals surface area contributed by atoms with Crippen molar-refractivity contribution < 1.29 is 0 Å². The van der Waals surface area contributed by atoms with Crippen LogP contribution < -0.4 is 5.73 Å². The van der Waals surface area contributed by atoms with Gasteiger partial charge >= 0.3 is 0 Å². The Balaban J connectivity index is 1.82. The van der Waals surface area contributed by atoms with E-state index in [0.29, 0.717) is 0 Å². The molecule has 3 aromatic rings. The number of fused-ring (bicyclic) bond motifs is 1. The third kappa shape index (κ3) is 1.95. The van der Waals surface area contributed by atoms with E-state index in [1.54, 1.807) is 0 Å². The number of rotatable bonds is 3. The van der Waals surface area contributed by atoms with Gasteiger partial charge in [-0.1, -0.05) is 0 Å². The molecule has 2 N–H and O–H groups in total. The highest BCUT2D eigenvalue weighted by molar-refractivity contribution is 5.78. The summed E-state index contributed by atoms with van der Waals surface area (Å²) >= 11 is 0. The van der Waals surface area contributed by atoms with Crippen molar-refractivity contribution in [3.8, 4) is 0 Å². The fourth-order valence-electron chi connectivity index (χ4n) is 2.11. The first-order valence-electron chi connectivity index (χ1n) is 5.90. The van der Waals surface area contributed by atoms with Crippen molar-refractivity contribution in [2.75, 3.05) is 5.73 Å². The predicted molar refractivity (Wildman–Crippen MR) is 71.1 cm³/mol. The first kappa shape index (κ1) is 10.8. The van der Waals surface area contributed by atoms with Gasteiger partial charge in [0, 0.05) is 25.5 Å². The highest BCUT2D eigenvalue weighted by Gasteiger charge is 2.03. The number of hydrogen-bond donors (Lipinski definition) is 1. The molecule has 0 radical (unpaired) electrons. The average Bonchev–Trinajstić information content (AvgIpc) is 2.92. The Morgan fingerprint density at radius 2 is 2.22 bits per heavy atom. The SMILES string of the molecule is Cn1cc(CCn2cnc3cc(N)ccc32)cn1. The minimum atomic E-state index is 0.750. The van der Waals surface area contributed by atoms with E-state index in [4.69, 9.17) is 5.73 Å². The summed E-state index contributed by atoms with van der Waals surface area (Å²) in [5.41, 5.74) is 9.79. The van der Waals surface area contributed by atoms with Crippen LogP contribution in [-0.2, 0) is 20.0 Å². The maximum Gasteiger partial charge on any atom is 0.0958 e. The minimum Gasteiger partial charge on any atom is -0.399 e. The van der Waals surface area contributed by atoms with Crippen LogP contribution >= 0.6 is 0 Å². The lowest BCUT2D eigenvalue weighted by Gasteiger charge is -2.02. The molecule has 0 amide bonds. The van der Waals surface area contributed by atoms with Gasteiger partial charge < -0.3 is 10.3 Å². The second kappa shape index (κ2) is 4.18. The van der Waals surface area contributed by atoms with Crippen LogP contribution in [0.15, 0.2) is 36.9 Å². The van der Waals surface area contributed by atoms with Crippen molar-refractivity contribution in [3.05, 3.63) is 42.5 Å². The summed E-state index contributed by atoms with van der Waals surface area (Å²) in [6, 6.07) is 5.82. The molecule has 1 aromatic carbocycles. The van der Waals surface area contributed by atoms with Crippen LogP contribution in [0, 0.1) is 0 Å². The van der Waals surface area contributed by atoms with Crippen LogP contribution in [0.5, 0.6) is 0 Å². The second-order valence-electron chi connectivity index (χ2n) is 4.46. The third-order valence-electron chi connectivity index (χ3n) is 3.04. The molecule has 5 heteroatoms. The molecule has 0 unspecified atom stereocenters. The molecule has 2 aromatic heterocycles. The van der Waals surface area contributed by atoms with Crippen molar-refractivity contribution in [2.45, 2.75) is 13.0 Å². The maximum absolute atomic E-state index is 5.74. The smallest absolute Gasteiger partial charge is 0.0958 e. The molecular formula is C13H15N5. The molecule has 0 saturated carbocycles. The Labute approximate surface area is 105 Å². The highest BCUT2D eigenvalue weighted by atomic mass is 15.2. The lowest BCUT2D eigenvalue weighted by molar-refractivity contribution is 0.714. The first-order valence-corrected chi connectivity index (χ1v) is 5.90. The van der Waals surface area contributed by atoms with Crippen LogP contribution in [0.3, 0.4) is 0 Å². The Hall–Kier alpha value is -2.30. The molecular weight excluding hydrogens is 226 g/mol. The van der Waals surface area contributed by atoms with Gasteiger partial charge in [0.25, 0.3) is 0 Å². The lowest BCUT2D eigenvalue weighted by Crippen LogP contribution is -1.99. The topological polar surface area (TPSA) is 61.7 Å². The van der Waals surface area contributed by atoms with Gasteiger partial charge in [-0.15, -0.1) is 0 Å². The van der Waals surface area contributed by atoms with Crippen molar-refractivity contribution in [3.63, 3.8) is 0 Å². The zero-order valence-corrected chi connectivity index (χ0v) is 10.2. The van der Waals surface area contributed by atoms with Gasteiger partial charge in [0.1, 0.15) is 0 Å². The Morgan fingerprint density at radius 3 is 3.00 bits per heavy atom. The number of anilines is 1. The van der Waals surface area contributed by atoms with E-state index in [1.165, 1.54) is 5.56 Å². The molecule has 0 aliphatic carbocycles. The van der Waals surface area contributed by atoms with Crippen LogP contribution in [0.1, 0.15) is 5.56 Å². The standard InChI is InChI=1S/C13H15N5/c1-17-8-10(7-16-17)4-5-18-9-15-12-6-11(14)2-3-13(12)18/h2-3,6-9H,4-5,14H2,1H3. The van der Waals surface area contributed by atoms with Gasteiger partial charge in [0.15, 0.2) is 0 Å². The van der Waals surface area contributed by atoms with E-state index in [0.717, 1.165) is 29.7 Å². The number of hydrogen-bond acceptors (Lipinski definition) is 3. The summed E-state index contributed by atoms with van der Waals surface area (Å²) < 4.78 is 3.96. The molecule has 0 saturated heterocycles. The maximum atomic E-state index is 5.74. The monoisotopic (exact) mass is 241 g/mol. The molecule has 92 valence electrons. The van der Waals surface area contributed by atoms with Crippen molar-refractivity contribution >= 4 is 16.7 Å². The molecule has 0 aliphatic heterocycles. The molecule has 0 fully saturated rings. The first-order chi connectivity index (χ1) is 8.72. The van der Waals surface area contributed by atoms with Crippen LogP contribution in [0.4, 0.5) is 5.69 Å². The molecule has 18 heavy (non-hydrogen) atoms. The van der Waals surface area contributed by atoms with Gasteiger partial charge in [0.05, 0.1) is 23.6 Å². The molecule has 0 bridgehead atoms. The molecule has 2 heterocycles. The molecule has 0 aliphatic rings. The largest absolute Gasteiger partial charge is 0.399 e. The number of aryl methyl sites for hydroxylation is 3. The second-order valence-corrected chi connectivity index (χ2v) is 4.46. The van der Waals surface area contributed by atoms with Gasteiger partial charge in [-0.25, -0.2) is 4.98 Å².